The molecule has 0 aliphatic rings. The third kappa shape index (κ3) is 4.14. The summed E-state index contributed by atoms with van der Waals surface area (Å²) in [6.45, 7) is 7.35. The monoisotopic (exact) mass is 208 g/mol. The fourth-order valence-electron chi connectivity index (χ4n) is 1.26. The van der Waals surface area contributed by atoms with Crippen LogP contribution in [0.5, 0.6) is 0 Å². The number of hydrogen-bond acceptors (Lipinski definition) is 4. The molecule has 1 heterocycles. The lowest BCUT2D eigenvalue weighted by Crippen LogP contribution is -2.08. The van der Waals surface area contributed by atoms with Crippen LogP contribution in [-0.4, -0.2) is 23.6 Å². The van der Waals surface area contributed by atoms with Gasteiger partial charge >= 0.3 is 0 Å². The molecule has 0 aromatic carbocycles. The van der Waals surface area contributed by atoms with Gasteiger partial charge in [0.25, 0.3) is 0 Å². The van der Waals surface area contributed by atoms with Gasteiger partial charge in [-0.05, 0) is 19.3 Å². The van der Waals surface area contributed by atoms with E-state index in [0.717, 1.165) is 24.5 Å². The molecule has 2 N–H and O–H groups in total. The molecular weight excluding hydrogens is 188 g/mol. The van der Waals surface area contributed by atoms with Crippen molar-refractivity contribution in [3.8, 4) is 0 Å². The number of aromatic nitrogens is 2. The van der Waals surface area contributed by atoms with E-state index in [1.807, 2.05) is 20.0 Å². The topological polar surface area (TPSA) is 49.8 Å². The second-order valence-corrected chi connectivity index (χ2v) is 4.08. The van der Waals surface area contributed by atoms with E-state index in [1.54, 1.807) is 0 Å². The molecule has 1 aromatic rings. The minimum atomic E-state index is 0.669. The molecule has 0 bridgehead atoms. The first kappa shape index (κ1) is 11.8. The normalized spacial score (nSPS) is 10.5. The highest BCUT2D eigenvalue weighted by Crippen LogP contribution is 2.09. The van der Waals surface area contributed by atoms with E-state index in [2.05, 4.69) is 34.4 Å². The Balaban J connectivity index is 2.56. The van der Waals surface area contributed by atoms with E-state index in [1.165, 1.54) is 0 Å². The molecule has 0 saturated heterocycles. The van der Waals surface area contributed by atoms with Crippen LogP contribution in [0.25, 0.3) is 0 Å². The molecule has 0 aliphatic heterocycles. The van der Waals surface area contributed by atoms with Crippen LogP contribution in [0.15, 0.2) is 6.07 Å². The number of anilines is 2. The third-order valence-electron chi connectivity index (χ3n) is 2.11. The predicted molar refractivity (Wildman–Crippen MR) is 64.3 cm³/mol. The summed E-state index contributed by atoms with van der Waals surface area (Å²) in [6.07, 6.45) is 1.15. The van der Waals surface area contributed by atoms with Gasteiger partial charge < -0.3 is 10.6 Å². The first-order chi connectivity index (χ1) is 7.11. The molecule has 0 atom stereocenters. The number of hydrogen-bond donors (Lipinski definition) is 2. The number of aryl methyl sites for hydroxylation is 1. The smallest absolute Gasteiger partial charge is 0.224 e. The summed E-state index contributed by atoms with van der Waals surface area (Å²) >= 11 is 0. The van der Waals surface area contributed by atoms with Crippen LogP contribution in [0, 0.1) is 12.8 Å². The zero-order chi connectivity index (χ0) is 11.3. The Morgan fingerprint density at radius 2 is 2.07 bits per heavy atom. The summed E-state index contributed by atoms with van der Waals surface area (Å²) in [6, 6.07) is 1.96. The number of rotatable bonds is 5. The molecule has 4 heteroatoms. The van der Waals surface area contributed by atoms with E-state index < -0.39 is 0 Å². The molecule has 0 aliphatic carbocycles. The van der Waals surface area contributed by atoms with E-state index in [4.69, 9.17) is 0 Å². The Morgan fingerprint density at radius 3 is 2.67 bits per heavy atom. The van der Waals surface area contributed by atoms with E-state index in [-0.39, 0.29) is 0 Å². The molecule has 0 fully saturated rings. The highest BCUT2D eigenvalue weighted by atomic mass is 15.1. The van der Waals surface area contributed by atoms with Crippen LogP contribution in [-0.2, 0) is 0 Å². The van der Waals surface area contributed by atoms with Crippen molar-refractivity contribution in [3.63, 3.8) is 0 Å². The Morgan fingerprint density at radius 1 is 1.33 bits per heavy atom. The lowest BCUT2D eigenvalue weighted by atomic mass is 10.1. The summed E-state index contributed by atoms with van der Waals surface area (Å²) in [5, 5.41) is 6.25. The molecular formula is C11H20N4. The molecule has 4 nitrogen and oxygen atoms in total. The van der Waals surface area contributed by atoms with Crippen molar-refractivity contribution in [1.29, 1.82) is 0 Å². The molecule has 84 valence electrons. The Labute approximate surface area is 91.5 Å². The van der Waals surface area contributed by atoms with Crippen LogP contribution in [0.2, 0.25) is 0 Å². The molecule has 0 spiro atoms. The lowest BCUT2D eigenvalue weighted by molar-refractivity contribution is 0.606. The van der Waals surface area contributed by atoms with Gasteiger partial charge in [-0.2, -0.15) is 4.98 Å². The molecule has 0 radical (unpaired) electrons. The minimum absolute atomic E-state index is 0.669. The van der Waals surface area contributed by atoms with Gasteiger partial charge in [0.15, 0.2) is 0 Å². The van der Waals surface area contributed by atoms with E-state index in [0.29, 0.717) is 11.9 Å². The van der Waals surface area contributed by atoms with Crippen molar-refractivity contribution in [2.24, 2.45) is 5.92 Å². The standard InChI is InChI=1S/C11H20N4/c1-8(2)5-6-13-10-7-9(3)14-11(12-4)15-10/h7-8H,5-6H2,1-4H3,(H2,12,13,14,15). The fourth-order valence-corrected chi connectivity index (χ4v) is 1.26. The van der Waals surface area contributed by atoms with Gasteiger partial charge in [-0.25, -0.2) is 4.98 Å². The second kappa shape index (κ2) is 5.53. The maximum Gasteiger partial charge on any atom is 0.224 e. The van der Waals surface area contributed by atoms with E-state index >= 15 is 0 Å². The highest BCUT2D eigenvalue weighted by molar-refractivity contribution is 5.41. The Bertz CT molecular complexity index is 309. The zero-order valence-electron chi connectivity index (χ0n) is 9.96. The molecule has 1 aromatic heterocycles. The van der Waals surface area contributed by atoms with Crippen molar-refractivity contribution in [3.05, 3.63) is 11.8 Å². The second-order valence-electron chi connectivity index (χ2n) is 4.08. The van der Waals surface area contributed by atoms with E-state index in [9.17, 15) is 0 Å². The van der Waals surface area contributed by atoms with Crippen molar-refractivity contribution in [2.45, 2.75) is 27.2 Å². The van der Waals surface area contributed by atoms with Crippen molar-refractivity contribution in [2.75, 3.05) is 24.2 Å². The summed E-state index contributed by atoms with van der Waals surface area (Å²) < 4.78 is 0. The molecule has 0 saturated carbocycles. The summed E-state index contributed by atoms with van der Waals surface area (Å²) in [5.41, 5.74) is 0.974. The first-order valence-electron chi connectivity index (χ1n) is 5.39. The maximum atomic E-state index is 4.32. The van der Waals surface area contributed by atoms with Crippen LogP contribution < -0.4 is 10.6 Å². The summed E-state index contributed by atoms with van der Waals surface area (Å²) in [5.74, 6) is 2.28. The fraction of sp³-hybridized carbons (Fsp3) is 0.636. The van der Waals surface area contributed by atoms with Gasteiger partial charge in [0, 0.05) is 25.4 Å². The number of nitrogens with zero attached hydrogens (tertiary/aromatic N) is 2. The zero-order valence-corrected chi connectivity index (χ0v) is 9.96. The average Bonchev–Trinajstić information content (AvgIpc) is 2.16. The SMILES string of the molecule is CNc1nc(C)cc(NCCC(C)C)n1. The Hall–Kier alpha value is -1.32. The van der Waals surface area contributed by atoms with Gasteiger partial charge in [-0.3, -0.25) is 0 Å². The van der Waals surface area contributed by atoms with Gasteiger partial charge in [0.2, 0.25) is 5.95 Å². The van der Waals surface area contributed by atoms with Gasteiger partial charge in [-0.15, -0.1) is 0 Å². The molecule has 15 heavy (non-hydrogen) atoms. The maximum absolute atomic E-state index is 4.32. The van der Waals surface area contributed by atoms with Crippen molar-refractivity contribution < 1.29 is 0 Å². The van der Waals surface area contributed by atoms with Crippen LogP contribution in [0.1, 0.15) is 26.0 Å². The molecule has 0 amide bonds. The predicted octanol–water partition coefficient (Wildman–Crippen LogP) is 2.28. The van der Waals surface area contributed by atoms with Crippen molar-refractivity contribution in [1.82, 2.24) is 9.97 Å². The average molecular weight is 208 g/mol. The van der Waals surface area contributed by atoms with Crippen molar-refractivity contribution >= 4 is 11.8 Å². The van der Waals surface area contributed by atoms with Crippen LogP contribution in [0.3, 0.4) is 0 Å². The Kier molecular flexibility index (Phi) is 4.34. The number of nitrogens with one attached hydrogen (secondary N) is 2. The molecule has 1 rings (SSSR count). The third-order valence-corrected chi connectivity index (χ3v) is 2.11. The molecule has 0 unspecified atom stereocenters. The summed E-state index contributed by atoms with van der Waals surface area (Å²) in [7, 11) is 1.83. The van der Waals surface area contributed by atoms with Crippen LogP contribution >= 0.6 is 0 Å². The van der Waals surface area contributed by atoms with Crippen LogP contribution in [0.4, 0.5) is 11.8 Å². The van der Waals surface area contributed by atoms with Gasteiger partial charge in [0.1, 0.15) is 5.82 Å². The lowest BCUT2D eigenvalue weighted by Gasteiger charge is -2.09. The largest absolute Gasteiger partial charge is 0.370 e. The quantitative estimate of drug-likeness (QED) is 0.779. The highest BCUT2D eigenvalue weighted by Gasteiger charge is 2.00. The summed E-state index contributed by atoms with van der Waals surface area (Å²) in [4.78, 5) is 8.55. The first-order valence-corrected chi connectivity index (χ1v) is 5.39. The minimum Gasteiger partial charge on any atom is -0.370 e. The van der Waals surface area contributed by atoms with Gasteiger partial charge in [0.05, 0.1) is 0 Å². The van der Waals surface area contributed by atoms with Gasteiger partial charge in [-0.1, -0.05) is 13.8 Å².